The molecule has 1 saturated heterocycles. The fraction of sp³-hybridized carbons (Fsp3) is 1.00. The van der Waals surface area contributed by atoms with Crippen molar-refractivity contribution in [1.82, 2.24) is 10.2 Å². The Balaban J connectivity index is 2.36. The zero-order valence-electron chi connectivity index (χ0n) is 12.3. The summed E-state index contributed by atoms with van der Waals surface area (Å²) < 4.78 is 0. The first-order valence-electron chi connectivity index (χ1n) is 7.63. The van der Waals surface area contributed by atoms with Gasteiger partial charge in [0.05, 0.1) is 0 Å². The first-order valence-corrected chi connectivity index (χ1v) is 7.63. The molecule has 1 rings (SSSR count). The van der Waals surface area contributed by atoms with Crippen LogP contribution in [0.25, 0.3) is 0 Å². The van der Waals surface area contributed by atoms with Crippen molar-refractivity contribution in [3.05, 3.63) is 0 Å². The highest BCUT2D eigenvalue weighted by Gasteiger charge is 2.28. The van der Waals surface area contributed by atoms with Crippen molar-refractivity contribution in [3.63, 3.8) is 0 Å². The SMILES string of the molecule is CCCNCC(CCC)N1CCC(C(C)C)C1. The molecular formula is C15H32N2. The fourth-order valence-electron chi connectivity index (χ4n) is 2.88. The minimum Gasteiger partial charge on any atom is -0.315 e. The van der Waals surface area contributed by atoms with E-state index in [0.29, 0.717) is 0 Å². The molecule has 2 nitrogen and oxygen atoms in total. The van der Waals surface area contributed by atoms with Gasteiger partial charge >= 0.3 is 0 Å². The van der Waals surface area contributed by atoms with Crippen molar-refractivity contribution >= 4 is 0 Å². The maximum Gasteiger partial charge on any atom is 0.0220 e. The van der Waals surface area contributed by atoms with Gasteiger partial charge in [-0.05, 0) is 44.2 Å². The molecule has 0 saturated carbocycles. The van der Waals surface area contributed by atoms with Crippen molar-refractivity contribution in [1.29, 1.82) is 0 Å². The first-order chi connectivity index (χ1) is 8.19. The summed E-state index contributed by atoms with van der Waals surface area (Å²) in [6.45, 7) is 14.3. The van der Waals surface area contributed by atoms with Crippen LogP contribution in [0.4, 0.5) is 0 Å². The van der Waals surface area contributed by atoms with E-state index in [1.807, 2.05) is 0 Å². The number of rotatable bonds is 8. The van der Waals surface area contributed by atoms with E-state index in [2.05, 4.69) is 37.9 Å². The van der Waals surface area contributed by atoms with E-state index in [-0.39, 0.29) is 0 Å². The third kappa shape index (κ3) is 4.97. The number of hydrogen-bond acceptors (Lipinski definition) is 2. The van der Waals surface area contributed by atoms with Gasteiger partial charge in [0, 0.05) is 19.1 Å². The summed E-state index contributed by atoms with van der Waals surface area (Å²) in [4.78, 5) is 2.73. The predicted molar refractivity (Wildman–Crippen MR) is 76.4 cm³/mol. The summed E-state index contributed by atoms with van der Waals surface area (Å²) in [5, 5.41) is 3.60. The van der Waals surface area contributed by atoms with Crippen LogP contribution in [-0.2, 0) is 0 Å². The third-order valence-corrected chi connectivity index (χ3v) is 4.14. The van der Waals surface area contributed by atoms with E-state index in [1.165, 1.54) is 51.9 Å². The number of hydrogen-bond donors (Lipinski definition) is 1. The van der Waals surface area contributed by atoms with E-state index in [9.17, 15) is 0 Å². The lowest BCUT2D eigenvalue weighted by Crippen LogP contribution is -2.41. The van der Waals surface area contributed by atoms with Crippen molar-refractivity contribution in [3.8, 4) is 0 Å². The lowest BCUT2D eigenvalue weighted by Gasteiger charge is -2.28. The van der Waals surface area contributed by atoms with Gasteiger partial charge < -0.3 is 5.32 Å². The number of nitrogens with zero attached hydrogens (tertiary/aromatic N) is 1. The second kappa shape index (κ2) is 8.10. The Morgan fingerprint density at radius 1 is 1.24 bits per heavy atom. The molecule has 0 bridgehead atoms. The van der Waals surface area contributed by atoms with E-state index >= 15 is 0 Å². The van der Waals surface area contributed by atoms with Gasteiger partial charge in [-0.3, -0.25) is 4.90 Å². The Labute approximate surface area is 108 Å². The first kappa shape index (κ1) is 15.0. The molecule has 1 aliphatic heterocycles. The molecule has 0 radical (unpaired) electrons. The lowest BCUT2D eigenvalue weighted by atomic mass is 9.95. The number of likely N-dealkylation sites (tertiary alicyclic amines) is 1. The van der Waals surface area contributed by atoms with Crippen molar-refractivity contribution in [2.75, 3.05) is 26.2 Å². The number of nitrogens with one attached hydrogen (secondary N) is 1. The molecule has 17 heavy (non-hydrogen) atoms. The highest BCUT2D eigenvalue weighted by Crippen LogP contribution is 2.26. The summed E-state index contributed by atoms with van der Waals surface area (Å²) in [6.07, 6.45) is 5.31. The van der Waals surface area contributed by atoms with Gasteiger partial charge in [-0.15, -0.1) is 0 Å². The van der Waals surface area contributed by atoms with Crippen molar-refractivity contribution in [2.45, 2.75) is 59.4 Å². The summed E-state index contributed by atoms with van der Waals surface area (Å²) in [6, 6.07) is 0.773. The summed E-state index contributed by atoms with van der Waals surface area (Å²) in [7, 11) is 0. The Morgan fingerprint density at radius 2 is 2.00 bits per heavy atom. The van der Waals surface area contributed by atoms with Gasteiger partial charge in [0.2, 0.25) is 0 Å². The minimum atomic E-state index is 0.773. The molecule has 0 aliphatic carbocycles. The zero-order chi connectivity index (χ0) is 12.7. The van der Waals surface area contributed by atoms with Crippen LogP contribution >= 0.6 is 0 Å². The molecule has 102 valence electrons. The lowest BCUT2D eigenvalue weighted by molar-refractivity contribution is 0.208. The largest absolute Gasteiger partial charge is 0.315 e. The maximum atomic E-state index is 3.60. The molecule has 2 atom stereocenters. The van der Waals surface area contributed by atoms with Gasteiger partial charge in [-0.2, -0.15) is 0 Å². The molecule has 1 fully saturated rings. The minimum absolute atomic E-state index is 0.773. The van der Waals surface area contributed by atoms with Crippen molar-refractivity contribution < 1.29 is 0 Å². The van der Waals surface area contributed by atoms with Gasteiger partial charge in [0.1, 0.15) is 0 Å². The molecule has 1 N–H and O–H groups in total. The van der Waals surface area contributed by atoms with Crippen LogP contribution in [0, 0.1) is 11.8 Å². The average Bonchev–Trinajstić information content (AvgIpc) is 2.77. The third-order valence-electron chi connectivity index (χ3n) is 4.14. The molecule has 0 aromatic heterocycles. The average molecular weight is 240 g/mol. The van der Waals surface area contributed by atoms with Crippen molar-refractivity contribution in [2.24, 2.45) is 11.8 Å². The monoisotopic (exact) mass is 240 g/mol. The smallest absolute Gasteiger partial charge is 0.0220 e. The molecule has 1 aliphatic rings. The summed E-state index contributed by atoms with van der Waals surface area (Å²) in [5.41, 5.74) is 0. The maximum absolute atomic E-state index is 3.60. The molecule has 2 heteroatoms. The van der Waals surface area contributed by atoms with E-state index in [4.69, 9.17) is 0 Å². The molecule has 0 amide bonds. The Bertz CT molecular complexity index is 191. The van der Waals surface area contributed by atoms with Crippen LogP contribution in [0.2, 0.25) is 0 Å². The molecular weight excluding hydrogens is 208 g/mol. The predicted octanol–water partition coefficient (Wildman–Crippen LogP) is 3.13. The second-order valence-electron chi connectivity index (χ2n) is 5.93. The molecule has 0 aromatic carbocycles. The highest BCUT2D eigenvalue weighted by atomic mass is 15.2. The van der Waals surface area contributed by atoms with E-state index in [1.54, 1.807) is 0 Å². The Morgan fingerprint density at radius 3 is 2.53 bits per heavy atom. The van der Waals surface area contributed by atoms with E-state index < -0.39 is 0 Å². The quantitative estimate of drug-likeness (QED) is 0.656. The van der Waals surface area contributed by atoms with Crippen LogP contribution < -0.4 is 5.32 Å². The van der Waals surface area contributed by atoms with Crippen LogP contribution in [0.15, 0.2) is 0 Å². The Hall–Kier alpha value is -0.0800. The molecule has 0 spiro atoms. The van der Waals surface area contributed by atoms with Gasteiger partial charge in [0.25, 0.3) is 0 Å². The van der Waals surface area contributed by atoms with Gasteiger partial charge in [-0.25, -0.2) is 0 Å². The highest BCUT2D eigenvalue weighted by molar-refractivity contribution is 4.83. The van der Waals surface area contributed by atoms with Crippen LogP contribution in [0.5, 0.6) is 0 Å². The summed E-state index contributed by atoms with van der Waals surface area (Å²) in [5.74, 6) is 1.78. The summed E-state index contributed by atoms with van der Waals surface area (Å²) >= 11 is 0. The normalized spacial score (nSPS) is 23.5. The molecule has 1 heterocycles. The second-order valence-corrected chi connectivity index (χ2v) is 5.93. The topological polar surface area (TPSA) is 15.3 Å². The molecule has 2 unspecified atom stereocenters. The fourth-order valence-corrected chi connectivity index (χ4v) is 2.88. The molecule has 0 aromatic rings. The van der Waals surface area contributed by atoms with E-state index in [0.717, 1.165) is 17.9 Å². The standard InChI is InChI=1S/C15H32N2/c1-5-7-15(11-16-9-6-2)17-10-8-14(12-17)13(3)4/h13-16H,5-12H2,1-4H3. The van der Waals surface area contributed by atoms with Gasteiger partial charge in [0.15, 0.2) is 0 Å². The van der Waals surface area contributed by atoms with Crippen LogP contribution in [0.3, 0.4) is 0 Å². The van der Waals surface area contributed by atoms with Crippen LogP contribution in [0.1, 0.15) is 53.4 Å². The van der Waals surface area contributed by atoms with Gasteiger partial charge in [-0.1, -0.05) is 34.1 Å². The Kier molecular flexibility index (Phi) is 7.14. The van der Waals surface area contributed by atoms with Crippen LogP contribution in [-0.4, -0.2) is 37.1 Å². The zero-order valence-corrected chi connectivity index (χ0v) is 12.3.